The highest BCUT2D eigenvalue weighted by Gasteiger charge is 2.10. The summed E-state index contributed by atoms with van der Waals surface area (Å²) in [5.41, 5.74) is 2.31. The first-order chi connectivity index (χ1) is 7.92. The first kappa shape index (κ1) is 13.6. The van der Waals surface area contributed by atoms with Crippen LogP contribution in [0.15, 0.2) is 24.3 Å². The number of rotatable bonds is 4. The number of nitrogens with zero attached hydrogens (tertiary/aromatic N) is 2. The van der Waals surface area contributed by atoms with Crippen LogP contribution in [0.1, 0.15) is 39.2 Å². The quantitative estimate of drug-likeness (QED) is 0.786. The average molecular weight is 230 g/mol. The zero-order valence-electron chi connectivity index (χ0n) is 11.3. The Labute approximate surface area is 105 Å². The van der Waals surface area contributed by atoms with Gasteiger partial charge in [-0.2, -0.15) is 5.26 Å². The Morgan fingerprint density at radius 2 is 1.76 bits per heavy atom. The van der Waals surface area contributed by atoms with Gasteiger partial charge >= 0.3 is 0 Å². The zero-order chi connectivity index (χ0) is 12.9. The van der Waals surface area contributed by atoms with Gasteiger partial charge < -0.3 is 4.90 Å². The normalized spacial score (nSPS) is 11.0. The lowest BCUT2D eigenvalue weighted by Crippen LogP contribution is -2.20. The molecular formula is C15H22N2. The van der Waals surface area contributed by atoms with Crippen LogP contribution in [0.2, 0.25) is 0 Å². The molecule has 1 rings (SSSR count). The first-order valence-corrected chi connectivity index (χ1v) is 6.14. The van der Waals surface area contributed by atoms with E-state index < -0.39 is 0 Å². The highest BCUT2D eigenvalue weighted by molar-refractivity contribution is 5.48. The fourth-order valence-electron chi connectivity index (χ4n) is 1.77. The van der Waals surface area contributed by atoms with Gasteiger partial charge in [-0.1, -0.05) is 20.8 Å². The van der Waals surface area contributed by atoms with Gasteiger partial charge in [0.25, 0.3) is 0 Å². The molecule has 0 heterocycles. The summed E-state index contributed by atoms with van der Waals surface area (Å²) in [5.74, 6) is 0. The molecule has 2 nitrogen and oxygen atoms in total. The Morgan fingerprint density at radius 3 is 2.24 bits per heavy atom. The van der Waals surface area contributed by atoms with Crippen LogP contribution in [0.3, 0.4) is 0 Å². The van der Waals surface area contributed by atoms with Gasteiger partial charge in [0.15, 0.2) is 0 Å². The molecule has 0 amide bonds. The van der Waals surface area contributed by atoms with Crippen molar-refractivity contribution in [2.24, 2.45) is 5.41 Å². The van der Waals surface area contributed by atoms with Crippen molar-refractivity contribution in [3.8, 4) is 6.07 Å². The molecule has 0 aromatic heterocycles. The molecule has 0 radical (unpaired) electrons. The van der Waals surface area contributed by atoms with E-state index in [1.807, 2.05) is 24.3 Å². The second-order valence-electron chi connectivity index (χ2n) is 5.74. The molecule has 0 unspecified atom stereocenters. The van der Waals surface area contributed by atoms with Crippen LogP contribution in [-0.2, 0) is 0 Å². The minimum atomic E-state index is 0.408. The maximum Gasteiger partial charge on any atom is 0.0991 e. The molecule has 0 aliphatic heterocycles. The van der Waals surface area contributed by atoms with Crippen molar-refractivity contribution in [2.75, 3.05) is 18.5 Å². The molecule has 1 aromatic carbocycles. The number of anilines is 1. The van der Waals surface area contributed by atoms with Gasteiger partial charge in [-0.25, -0.2) is 0 Å². The second-order valence-corrected chi connectivity index (χ2v) is 5.74. The Bertz CT molecular complexity index is 379. The van der Waals surface area contributed by atoms with Crippen LogP contribution in [0.5, 0.6) is 0 Å². The predicted molar refractivity (Wildman–Crippen MR) is 73.1 cm³/mol. The summed E-state index contributed by atoms with van der Waals surface area (Å²) in [5, 5.41) is 8.73. The molecule has 0 aliphatic rings. The van der Waals surface area contributed by atoms with Crippen molar-refractivity contribution in [3.63, 3.8) is 0 Å². The van der Waals surface area contributed by atoms with Crippen LogP contribution in [0.4, 0.5) is 5.69 Å². The second kappa shape index (κ2) is 5.72. The van der Waals surface area contributed by atoms with Crippen LogP contribution in [-0.4, -0.2) is 13.6 Å². The maximum atomic E-state index is 8.73. The molecular weight excluding hydrogens is 208 g/mol. The molecule has 0 N–H and O–H groups in total. The largest absolute Gasteiger partial charge is 0.375 e. The Morgan fingerprint density at radius 1 is 1.18 bits per heavy atom. The predicted octanol–water partition coefficient (Wildman–Crippen LogP) is 3.82. The molecule has 92 valence electrons. The van der Waals surface area contributed by atoms with Crippen molar-refractivity contribution in [3.05, 3.63) is 29.8 Å². The smallest absolute Gasteiger partial charge is 0.0991 e. The molecule has 0 saturated heterocycles. The van der Waals surface area contributed by atoms with E-state index in [0.29, 0.717) is 5.41 Å². The lowest BCUT2D eigenvalue weighted by atomic mass is 9.90. The molecule has 0 saturated carbocycles. The van der Waals surface area contributed by atoms with Crippen LogP contribution < -0.4 is 4.90 Å². The topological polar surface area (TPSA) is 27.0 Å². The molecule has 17 heavy (non-hydrogen) atoms. The standard InChI is InChI=1S/C15H22N2/c1-15(2,3)10-5-11-17(4)14-8-6-13(12-16)7-9-14/h6-9H,5,10-11H2,1-4H3. The number of hydrogen-bond acceptors (Lipinski definition) is 2. The van der Waals surface area contributed by atoms with E-state index in [1.165, 1.54) is 18.5 Å². The fourth-order valence-corrected chi connectivity index (χ4v) is 1.77. The number of nitriles is 1. The summed E-state index contributed by atoms with van der Waals surface area (Å²) in [6, 6.07) is 9.90. The summed E-state index contributed by atoms with van der Waals surface area (Å²) in [4.78, 5) is 2.24. The molecule has 0 aliphatic carbocycles. The highest BCUT2D eigenvalue weighted by Crippen LogP contribution is 2.21. The zero-order valence-corrected chi connectivity index (χ0v) is 11.3. The summed E-state index contributed by atoms with van der Waals surface area (Å²) < 4.78 is 0. The lowest BCUT2D eigenvalue weighted by molar-refractivity contribution is 0.367. The minimum absolute atomic E-state index is 0.408. The Hall–Kier alpha value is -1.49. The molecule has 0 spiro atoms. The Kier molecular flexibility index (Phi) is 4.57. The third-order valence-corrected chi connectivity index (χ3v) is 2.86. The van der Waals surface area contributed by atoms with Crippen LogP contribution in [0, 0.1) is 16.7 Å². The van der Waals surface area contributed by atoms with Gasteiger partial charge in [-0.15, -0.1) is 0 Å². The average Bonchev–Trinajstić information content (AvgIpc) is 2.27. The molecule has 0 bridgehead atoms. The fraction of sp³-hybridized carbons (Fsp3) is 0.533. The van der Waals surface area contributed by atoms with E-state index >= 15 is 0 Å². The molecule has 0 atom stereocenters. The summed E-state index contributed by atoms with van der Waals surface area (Å²) >= 11 is 0. The van der Waals surface area contributed by atoms with E-state index in [-0.39, 0.29) is 0 Å². The molecule has 0 fully saturated rings. The minimum Gasteiger partial charge on any atom is -0.375 e. The van der Waals surface area contributed by atoms with E-state index in [2.05, 4.69) is 38.8 Å². The van der Waals surface area contributed by atoms with Crippen LogP contribution >= 0.6 is 0 Å². The van der Waals surface area contributed by atoms with Gasteiger partial charge in [-0.3, -0.25) is 0 Å². The number of hydrogen-bond donors (Lipinski definition) is 0. The van der Waals surface area contributed by atoms with Crippen LogP contribution in [0.25, 0.3) is 0 Å². The third kappa shape index (κ3) is 4.91. The van der Waals surface area contributed by atoms with Crippen molar-refractivity contribution in [1.82, 2.24) is 0 Å². The summed E-state index contributed by atoms with van der Waals surface area (Å²) in [6.45, 7) is 7.88. The monoisotopic (exact) mass is 230 g/mol. The van der Waals surface area contributed by atoms with Crippen molar-refractivity contribution in [1.29, 1.82) is 5.26 Å². The Balaban J connectivity index is 2.47. The van der Waals surface area contributed by atoms with Gasteiger partial charge in [0.2, 0.25) is 0 Å². The van der Waals surface area contributed by atoms with E-state index in [1.54, 1.807) is 0 Å². The van der Waals surface area contributed by atoms with Gasteiger partial charge in [0, 0.05) is 19.3 Å². The lowest BCUT2D eigenvalue weighted by Gasteiger charge is -2.23. The summed E-state index contributed by atoms with van der Waals surface area (Å²) in [7, 11) is 2.10. The van der Waals surface area contributed by atoms with E-state index in [4.69, 9.17) is 5.26 Å². The molecule has 2 heteroatoms. The summed E-state index contributed by atoms with van der Waals surface area (Å²) in [6.07, 6.45) is 2.42. The molecule has 1 aromatic rings. The van der Waals surface area contributed by atoms with E-state index in [9.17, 15) is 0 Å². The highest BCUT2D eigenvalue weighted by atomic mass is 15.1. The van der Waals surface area contributed by atoms with Gasteiger partial charge in [0.05, 0.1) is 11.6 Å². The number of benzene rings is 1. The first-order valence-electron chi connectivity index (χ1n) is 6.14. The van der Waals surface area contributed by atoms with Crippen molar-refractivity contribution < 1.29 is 0 Å². The van der Waals surface area contributed by atoms with Gasteiger partial charge in [-0.05, 0) is 42.5 Å². The SMILES string of the molecule is CN(CCCC(C)(C)C)c1ccc(C#N)cc1. The third-order valence-electron chi connectivity index (χ3n) is 2.86. The van der Waals surface area contributed by atoms with Crippen molar-refractivity contribution in [2.45, 2.75) is 33.6 Å². The van der Waals surface area contributed by atoms with E-state index in [0.717, 1.165) is 12.1 Å². The van der Waals surface area contributed by atoms with Gasteiger partial charge in [0.1, 0.15) is 0 Å². The maximum absolute atomic E-state index is 8.73. The van der Waals surface area contributed by atoms with Crippen molar-refractivity contribution >= 4 is 5.69 Å².